The minimum Gasteiger partial charge on any atom is -0.347 e. The Balaban J connectivity index is 1.72. The first-order valence-electron chi connectivity index (χ1n) is 8.92. The topological polar surface area (TPSA) is 59.8 Å². The molecule has 0 saturated heterocycles. The van der Waals surface area contributed by atoms with E-state index in [0.29, 0.717) is 29.4 Å². The maximum atomic E-state index is 13.8. The molecule has 6 heteroatoms. The number of hydrogen-bond acceptors (Lipinski definition) is 3. The average molecular weight is 366 g/mol. The fourth-order valence-corrected chi connectivity index (χ4v) is 2.78. The van der Waals surface area contributed by atoms with E-state index in [1.54, 1.807) is 26.0 Å². The van der Waals surface area contributed by atoms with Gasteiger partial charge in [0.1, 0.15) is 5.82 Å². The molecule has 140 valence electrons. The third-order valence-electron chi connectivity index (χ3n) is 4.61. The summed E-state index contributed by atoms with van der Waals surface area (Å²) in [5, 5.41) is 10.8. The summed E-state index contributed by atoms with van der Waals surface area (Å²) in [5.74, 6) is -0.157. The standard InChI is InChI=1S/C21H23FN4O/c1-13(2)17-8-6-16(7-9-17)12-23-21(27)20-15(4)26(25-24-20)18-10-5-14(3)19(22)11-18/h5-11,13H,12H2,1-4H3,(H,23,27). The second-order valence-corrected chi connectivity index (χ2v) is 6.95. The number of aromatic nitrogens is 3. The Morgan fingerprint density at radius 1 is 1.15 bits per heavy atom. The van der Waals surface area contributed by atoms with E-state index in [1.165, 1.54) is 16.3 Å². The van der Waals surface area contributed by atoms with Gasteiger partial charge in [0.15, 0.2) is 5.69 Å². The van der Waals surface area contributed by atoms with Crippen molar-refractivity contribution in [2.75, 3.05) is 0 Å². The number of carbonyl (C=O) groups is 1. The summed E-state index contributed by atoms with van der Waals surface area (Å²) >= 11 is 0. The molecular formula is C21H23FN4O. The molecule has 3 rings (SSSR count). The highest BCUT2D eigenvalue weighted by molar-refractivity contribution is 5.93. The largest absolute Gasteiger partial charge is 0.347 e. The Labute approximate surface area is 158 Å². The van der Waals surface area contributed by atoms with Gasteiger partial charge in [-0.1, -0.05) is 49.4 Å². The van der Waals surface area contributed by atoms with Crippen LogP contribution < -0.4 is 5.32 Å². The summed E-state index contributed by atoms with van der Waals surface area (Å²) in [4.78, 5) is 12.5. The van der Waals surface area contributed by atoms with Gasteiger partial charge in [0.25, 0.3) is 5.91 Å². The number of benzene rings is 2. The normalized spacial score (nSPS) is 11.0. The molecule has 0 unspecified atom stereocenters. The van der Waals surface area contributed by atoms with Gasteiger partial charge in [-0.05, 0) is 48.6 Å². The Kier molecular flexibility index (Phi) is 5.35. The van der Waals surface area contributed by atoms with Crippen molar-refractivity contribution in [2.24, 2.45) is 0 Å². The predicted molar refractivity (Wildman–Crippen MR) is 102 cm³/mol. The molecule has 3 aromatic rings. The minimum absolute atomic E-state index is 0.231. The van der Waals surface area contributed by atoms with Crippen LogP contribution >= 0.6 is 0 Å². The molecule has 0 bridgehead atoms. The van der Waals surface area contributed by atoms with E-state index in [-0.39, 0.29) is 17.4 Å². The Hall–Kier alpha value is -3.02. The number of nitrogens with zero attached hydrogens (tertiary/aromatic N) is 3. The van der Waals surface area contributed by atoms with E-state index < -0.39 is 0 Å². The summed E-state index contributed by atoms with van der Waals surface area (Å²) < 4.78 is 15.3. The SMILES string of the molecule is Cc1ccc(-n2nnc(C(=O)NCc3ccc(C(C)C)cc3)c2C)cc1F. The van der Waals surface area contributed by atoms with Gasteiger partial charge in [0.2, 0.25) is 0 Å². The van der Waals surface area contributed by atoms with E-state index >= 15 is 0 Å². The van der Waals surface area contributed by atoms with E-state index in [2.05, 4.69) is 41.6 Å². The molecule has 0 aliphatic carbocycles. The van der Waals surface area contributed by atoms with Crippen molar-refractivity contribution in [3.63, 3.8) is 0 Å². The lowest BCUT2D eigenvalue weighted by atomic mass is 10.0. The van der Waals surface area contributed by atoms with Crippen LogP contribution in [0.3, 0.4) is 0 Å². The monoisotopic (exact) mass is 366 g/mol. The third-order valence-corrected chi connectivity index (χ3v) is 4.61. The first kappa shape index (κ1) is 18.8. The summed E-state index contributed by atoms with van der Waals surface area (Å²) in [5.41, 5.74) is 4.15. The molecule has 0 radical (unpaired) electrons. The van der Waals surface area contributed by atoms with E-state index in [1.807, 2.05) is 12.1 Å². The summed E-state index contributed by atoms with van der Waals surface area (Å²) in [6.45, 7) is 8.12. The molecule has 1 amide bonds. The lowest BCUT2D eigenvalue weighted by Crippen LogP contribution is -2.24. The number of rotatable bonds is 5. The second-order valence-electron chi connectivity index (χ2n) is 6.95. The van der Waals surface area contributed by atoms with Crippen LogP contribution in [-0.2, 0) is 6.54 Å². The summed E-state index contributed by atoms with van der Waals surface area (Å²) in [6.07, 6.45) is 0. The Morgan fingerprint density at radius 2 is 1.85 bits per heavy atom. The molecule has 0 saturated carbocycles. The van der Waals surface area contributed by atoms with Gasteiger partial charge in [-0.3, -0.25) is 4.79 Å². The molecule has 27 heavy (non-hydrogen) atoms. The van der Waals surface area contributed by atoms with Crippen LogP contribution in [0.5, 0.6) is 0 Å². The molecule has 1 N–H and O–H groups in total. The van der Waals surface area contributed by atoms with Crippen LogP contribution in [0.25, 0.3) is 5.69 Å². The lowest BCUT2D eigenvalue weighted by molar-refractivity contribution is 0.0945. The third kappa shape index (κ3) is 4.05. The van der Waals surface area contributed by atoms with Crippen molar-refractivity contribution < 1.29 is 9.18 Å². The highest BCUT2D eigenvalue weighted by Gasteiger charge is 2.17. The molecular weight excluding hydrogens is 343 g/mol. The molecule has 0 fully saturated rings. The van der Waals surface area contributed by atoms with Crippen molar-refractivity contribution in [1.82, 2.24) is 20.3 Å². The van der Waals surface area contributed by atoms with E-state index in [9.17, 15) is 9.18 Å². The minimum atomic E-state index is -0.321. The van der Waals surface area contributed by atoms with Crippen molar-refractivity contribution in [1.29, 1.82) is 0 Å². The quantitative estimate of drug-likeness (QED) is 0.740. The van der Waals surface area contributed by atoms with Crippen LogP contribution in [-0.4, -0.2) is 20.9 Å². The smallest absolute Gasteiger partial charge is 0.274 e. The number of hydrogen-bond donors (Lipinski definition) is 1. The van der Waals surface area contributed by atoms with Gasteiger partial charge in [-0.25, -0.2) is 9.07 Å². The number of carbonyl (C=O) groups excluding carboxylic acids is 1. The molecule has 0 spiro atoms. The first-order valence-corrected chi connectivity index (χ1v) is 8.92. The molecule has 2 aromatic carbocycles. The maximum Gasteiger partial charge on any atom is 0.274 e. The van der Waals surface area contributed by atoms with Crippen LogP contribution in [0.2, 0.25) is 0 Å². The predicted octanol–water partition coefficient (Wildman–Crippen LogP) is 4.08. The van der Waals surface area contributed by atoms with Crippen LogP contribution in [0, 0.1) is 19.7 Å². The second kappa shape index (κ2) is 7.70. The number of aryl methyl sites for hydroxylation is 1. The highest BCUT2D eigenvalue weighted by atomic mass is 19.1. The van der Waals surface area contributed by atoms with Gasteiger partial charge < -0.3 is 5.32 Å². The fourth-order valence-electron chi connectivity index (χ4n) is 2.78. The van der Waals surface area contributed by atoms with Crippen molar-refractivity contribution >= 4 is 5.91 Å². The maximum absolute atomic E-state index is 13.8. The van der Waals surface area contributed by atoms with Crippen LogP contribution in [0.1, 0.15) is 52.6 Å². The fraction of sp³-hybridized carbons (Fsp3) is 0.286. The van der Waals surface area contributed by atoms with Gasteiger partial charge in [0.05, 0.1) is 11.4 Å². The van der Waals surface area contributed by atoms with Crippen molar-refractivity contribution in [3.8, 4) is 5.69 Å². The van der Waals surface area contributed by atoms with Gasteiger partial charge >= 0.3 is 0 Å². The zero-order valence-corrected chi connectivity index (χ0v) is 16.0. The Morgan fingerprint density at radius 3 is 2.48 bits per heavy atom. The van der Waals surface area contributed by atoms with Crippen molar-refractivity contribution in [2.45, 2.75) is 40.2 Å². The number of halogens is 1. The van der Waals surface area contributed by atoms with Gasteiger partial charge in [0, 0.05) is 6.54 Å². The highest BCUT2D eigenvalue weighted by Crippen LogP contribution is 2.17. The molecule has 0 aliphatic heterocycles. The van der Waals surface area contributed by atoms with Crippen molar-refractivity contribution in [3.05, 3.63) is 76.4 Å². The zero-order chi connectivity index (χ0) is 19.6. The van der Waals surface area contributed by atoms with E-state index in [0.717, 1.165) is 5.56 Å². The Bertz CT molecular complexity index is 961. The molecule has 1 heterocycles. The molecule has 1 aromatic heterocycles. The number of nitrogens with one attached hydrogen (secondary N) is 1. The number of amides is 1. The van der Waals surface area contributed by atoms with Gasteiger partial charge in [-0.2, -0.15) is 0 Å². The van der Waals surface area contributed by atoms with Crippen LogP contribution in [0.4, 0.5) is 4.39 Å². The summed E-state index contributed by atoms with van der Waals surface area (Å²) in [7, 11) is 0. The average Bonchev–Trinajstić information content (AvgIpc) is 3.04. The molecule has 0 aliphatic rings. The van der Waals surface area contributed by atoms with Crippen LogP contribution in [0.15, 0.2) is 42.5 Å². The summed E-state index contributed by atoms with van der Waals surface area (Å²) in [6, 6.07) is 13.0. The van der Waals surface area contributed by atoms with Gasteiger partial charge in [-0.15, -0.1) is 5.10 Å². The van der Waals surface area contributed by atoms with E-state index in [4.69, 9.17) is 0 Å². The lowest BCUT2D eigenvalue weighted by Gasteiger charge is -2.08. The molecule has 0 atom stereocenters. The zero-order valence-electron chi connectivity index (χ0n) is 16.0. The first-order chi connectivity index (χ1) is 12.9. The molecule has 5 nitrogen and oxygen atoms in total.